The van der Waals surface area contributed by atoms with Crippen LogP contribution in [0, 0.1) is 11.6 Å². The van der Waals surface area contributed by atoms with Gasteiger partial charge in [0.25, 0.3) is 5.91 Å². The summed E-state index contributed by atoms with van der Waals surface area (Å²) in [5.74, 6) is -2.55. The lowest BCUT2D eigenvalue weighted by molar-refractivity contribution is 0.0932. The Bertz CT molecular complexity index is 594. The van der Waals surface area contributed by atoms with Gasteiger partial charge in [-0.25, -0.2) is 8.78 Å². The number of rotatable bonds is 3. The first-order valence-corrected chi connectivity index (χ1v) is 6.68. The van der Waals surface area contributed by atoms with Crippen LogP contribution in [0.3, 0.4) is 0 Å². The highest BCUT2D eigenvalue weighted by atomic mass is 35.5. The Morgan fingerprint density at radius 3 is 2.42 bits per heavy atom. The van der Waals surface area contributed by atoms with Gasteiger partial charge in [-0.1, -0.05) is 17.7 Å². The molecular weight excluding hydrogens is 292 g/mol. The van der Waals surface area contributed by atoms with Crippen LogP contribution in [0.15, 0.2) is 30.3 Å². The lowest BCUT2D eigenvalue weighted by Gasteiger charge is -2.13. The van der Waals surface area contributed by atoms with Crippen LogP contribution in [0.2, 0.25) is 4.34 Å². The van der Waals surface area contributed by atoms with Crippen LogP contribution in [0.25, 0.3) is 0 Å². The number of thiophene rings is 1. The van der Waals surface area contributed by atoms with Gasteiger partial charge in [-0.15, -0.1) is 11.3 Å². The van der Waals surface area contributed by atoms with Crippen molar-refractivity contribution in [3.8, 4) is 0 Å². The fourth-order valence-corrected chi connectivity index (χ4v) is 2.68. The van der Waals surface area contributed by atoms with Crippen LogP contribution in [0.1, 0.15) is 28.2 Å². The van der Waals surface area contributed by atoms with E-state index in [-0.39, 0.29) is 6.04 Å². The minimum absolute atomic E-state index is 0.371. The molecule has 0 aliphatic heterocycles. The lowest BCUT2D eigenvalue weighted by atomic mass is 10.1. The molecule has 6 heteroatoms. The number of halogens is 3. The molecule has 1 heterocycles. The second-order valence-corrected chi connectivity index (χ2v) is 5.68. The maximum atomic E-state index is 13.4. The van der Waals surface area contributed by atoms with E-state index in [0.29, 0.717) is 4.34 Å². The van der Waals surface area contributed by atoms with E-state index in [9.17, 15) is 13.6 Å². The highest BCUT2D eigenvalue weighted by Gasteiger charge is 2.19. The van der Waals surface area contributed by atoms with Crippen molar-refractivity contribution >= 4 is 28.8 Å². The SMILES string of the molecule is CC(NC(=O)c1c(F)cccc1F)c1ccc(Cl)s1. The summed E-state index contributed by atoms with van der Waals surface area (Å²) >= 11 is 7.10. The van der Waals surface area contributed by atoms with Gasteiger partial charge in [0.2, 0.25) is 0 Å². The van der Waals surface area contributed by atoms with E-state index in [4.69, 9.17) is 11.6 Å². The summed E-state index contributed by atoms with van der Waals surface area (Å²) in [5, 5.41) is 2.54. The summed E-state index contributed by atoms with van der Waals surface area (Å²) in [4.78, 5) is 12.7. The van der Waals surface area contributed by atoms with Crippen LogP contribution < -0.4 is 5.32 Å². The Labute approximate surface area is 118 Å². The molecule has 100 valence electrons. The predicted molar refractivity (Wildman–Crippen MR) is 71.6 cm³/mol. The van der Waals surface area contributed by atoms with Crippen molar-refractivity contribution in [3.63, 3.8) is 0 Å². The van der Waals surface area contributed by atoms with Crippen LogP contribution in [-0.2, 0) is 0 Å². The molecule has 1 aromatic carbocycles. The summed E-state index contributed by atoms with van der Waals surface area (Å²) in [6, 6.07) is 6.40. The third-order valence-electron chi connectivity index (χ3n) is 2.56. The van der Waals surface area contributed by atoms with Gasteiger partial charge in [-0.2, -0.15) is 0 Å². The van der Waals surface area contributed by atoms with Crippen molar-refractivity contribution in [2.24, 2.45) is 0 Å². The quantitative estimate of drug-likeness (QED) is 0.905. The number of benzene rings is 1. The number of carbonyl (C=O) groups excluding carboxylic acids is 1. The summed E-state index contributed by atoms with van der Waals surface area (Å²) in [7, 11) is 0. The van der Waals surface area contributed by atoms with Gasteiger partial charge in [0.15, 0.2) is 0 Å². The van der Waals surface area contributed by atoms with Crippen LogP contribution in [0.4, 0.5) is 8.78 Å². The Hall–Kier alpha value is -1.46. The topological polar surface area (TPSA) is 29.1 Å². The van der Waals surface area contributed by atoms with Gasteiger partial charge in [0.1, 0.15) is 17.2 Å². The van der Waals surface area contributed by atoms with Gasteiger partial charge >= 0.3 is 0 Å². The second kappa shape index (κ2) is 5.67. The molecule has 1 unspecified atom stereocenters. The molecule has 2 rings (SSSR count). The van der Waals surface area contributed by atoms with Crippen LogP contribution >= 0.6 is 22.9 Å². The normalized spacial score (nSPS) is 12.2. The van der Waals surface area contributed by atoms with Crippen molar-refractivity contribution in [1.29, 1.82) is 0 Å². The zero-order valence-electron chi connectivity index (χ0n) is 9.91. The largest absolute Gasteiger partial charge is 0.345 e. The van der Waals surface area contributed by atoms with Crippen molar-refractivity contribution < 1.29 is 13.6 Å². The minimum atomic E-state index is -0.881. The molecule has 1 atom stereocenters. The average molecular weight is 302 g/mol. The van der Waals surface area contributed by atoms with Crippen molar-refractivity contribution in [1.82, 2.24) is 5.32 Å². The first kappa shape index (κ1) is 14.0. The lowest BCUT2D eigenvalue weighted by Crippen LogP contribution is -2.27. The zero-order valence-corrected chi connectivity index (χ0v) is 11.5. The molecule has 1 amide bonds. The van der Waals surface area contributed by atoms with E-state index >= 15 is 0 Å². The Morgan fingerprint density at radius 1 is 1.26 bits per heavy atom. The maximum absolute atomic E-state index is 13.4. The van der Waals surface area contributed by atoms with Crippen LogP contribution in [0.5, 0.6) is 0 Å². The summed E-state index contributed by atoms with van der Waals surface area (Å²) in [6.07, 6.45) is 0. The van der Waals surface area contributed by atoms with Gasteiger partial charge in [0, 0.05) is 4.88 Å². The molecule has 0 radical (unpaired) electrons. The molecular formula is C13H10ClF2NOS. The minimum Gasteiger partial charge on any atom is -0.345 e. The monoisotopic (exact) mass is 301 g/mol. The number of hydrogen-bond acceptors (Lipinski definition) is 2. The second-order valence-electron chi connectivity index (χ2n) is 3.93. The molecule has 0 saturated carbocycles. The zero-order chi connectivity index (χ0) is 14.0. The highest BCUT2D eigenvalue weighted by Crippen LogP contribution is 2.27. The van der Waals surface area contributed by atoms with E-state index in [2.05, 4.69) is 5.32 Å². The summed E-state index contributed by atoms with van der Waals surface area (Å²) in [5.41, 5.74) is -0.572. The molecule has 0 spiro atoms. The van der Waals surface area contributed by atoms with E-state index in [1.54, 1.807) is 19.1 Å². The molecule has 0 bridgehead atoms. The van der Waals surface area contributed by atoms with Crippen molar-refractivity contribution in [2.45, 2.75) is 13.0 Å². The predicted octanol–water partition coefficient (Wildman–Crippen LogP) is 4.17. The molecule has 2 nitrogen and oxygen atoms in total. The van der Waals surface area contributed by atoms with E-state index < -0.39 is 23.1 Å². The molecule has 2 aromatic rings. The number of carbonyl (C=O) groups is 1. The molecule has 1 aromatic heterocycles. The van der Waals surface area contributed by atoms with Crippen LogP contribution in [-0.4, -0.2) is 5.91 Å². The Kier molecular flexibility index (Phi) is 4.17. The van der Waals surface area contributed by atoms with E-state index in [0.717, 1.165) is 17.0 Å². The first-order chi connectivity index (χ1) is 8.99. The summed E-state index contributed by atoms with van der Waals surface area (Å²) in [6.45, 7) is 1.72. The van der Waals surface area contributed by atoms with Gasteiger partial charge in [0.05, 0.1) is 10.4 Å². The van der Waals surface area contributed by atoms with Crippen molar-refractivity contribution in [3.05, 3.63) is 56.7 Å². The fourth-order valence-electron chi connectivity index (χ4n) is 1.62. The number of hydrogen-bond donors (Lipinski definition) is 1. The standard InChI is InChI=1S/C13H10ClF2NOS/c1-7(10-5-6-11(14)19-10)17-13(18)12-8(15)3-2-4-9(12)16/h2-7H,1H3,(H,17,18). The van der Waals surface area contributed by atoms with Crippen molar-refractivity contribution in [2.75, 3.05) is 0 Å². The highest BCUT2D eigenvalue weighted by molar-refractivity contribution is 7.16. The Balaban J connectivity index is 2.17. The van der Waals surface area contributed by atoms with Gasteiger partial charge in [-0.3, -0.25) is 4.79 Å². The third-order valence-corrected chi connectivity index (χ3v) is 3.97. The smallest absolute Gasteiger partial charge is 0.257 e. The average Bonchev–Trinajstić information content (AvgIpc) is 2.75. The third kappa shape index (κ3) is 3.11. The number of amides is 1. The molecule has 0 saturated heterocycles. The molecule has 0 fully saturated rings. The molecule has 0 aliphatic rings. The molecule has 19 heavy (non-hydrogen) atoms. The van der Waals surface area contributed by atoms with E-state index in [1.165, 1.54) is 17.4 Å². The maximum Gasteiger partial charge on any atom is 0.257 e. The number of nitrogens with one attached hydrogen (secondary N) is 1. The van der Waals surface area contributed by atoms with Gasteiger partial charge < -0.3 is 5.32 Å². The Morgan fingerprint density at radius 2 is 1.89 bits per heavy atom. The van der Waals surface area contributed by atoms with E-state index in [1.807, 2.05) is 0 Å². The van der Waals surface area contributed by atoms with Gasteiger partial charge in [-0.05, 0) is 31.2 Å². The molecule has 0 aliphatic carbocycles. The fraction of sp³-hybridized carbons (Fsp3) is 0.154. The first-order valence-electron chi connectivity index (χ1n) is 5.49. The molecule has 1 N–H and O–H groups in total. The summed E-state index contributed by atoms with van der Waals surface area (Å²) < 4.78 is 27.5.